The molecule has 0 saturated heterocycles. The second-order valence-corrected chi connectivity index (χ2v) is 8.31. The molecule has 0 saturated carbocycles. The van der Waals surface area contributed by atoms with Crippen molar-refractivity contribution in [3.63, 3.8) is 0 Å². The van der Waals surface area contributed by atoms with Gasteiger partial charge in [0, 0.05) is 0 Å². The maximum absolute atomic E-state index is 4.22. The molecule has 5 aromatic rings. The third kappa shape index (κ3) is 3.84. The lowest BCUT2D eigenvalue weighted by atomic mass is 9.81. The van der Waals surface area contributed by atoms with Crippen LogP contribution in [0.3, 0.4) is 0 Å². The van der Waals surface area contributed by atoms with Crippen LogP contribution in [0.4, 0.5) is 0 Å². The van der Waals surface area contributed by atoms with Gasteiger partial charge in [0.2, 0.25) is 0 Å². The van der Waals surface area contributed by atoms with Crippen LogP contribution in [0.2, 0.25) is 0 Å². The van der Waals surface area contributed by atoms with Crippen LogP contribution in [0, 0.1) is 0 Å². The molecule has 0 heterocycles. The molecule has 0 aliphatic rings. The average molecular weight is 451 g/mol. The Morgan fingerprint density at radius 3 is 1.74 bits per heavy atom. The molecule has 5 rings (SSSR count). The van der Waals surface area contributed by atoms with Gasteiger partial charge in [-0.2, -0.15) is 0 Å². The minimum atomic E-state index is 0. The maximum Gasteiger partial charge on any atom is -0.00204 e. The van der Waals surface area contributed by atoms with E-state index in [-0.39, 0.29) is 7.43 Å². The third-order valence-corrected chi connectivity index (χ3v) is 6.57. The van der Waals surface area contributed by atoms with Gasteiger partial charge in [0.15, 0.2) is 0 Å². The first kappa shape index (κ1) is 23.7. The summed E-state index contributed by atoms with van der Waals surface area (Å²) >= 11 is 0. The standard InChI is InChI=1S/C34H26.CH4/c1-5-23-16-13-19-30(27(23)6-2)34-29(8-4)28(7-3)33(31-17-11-12-18-32(31)34)26-21-20-24-14-9-10-15-25(24)22-26;/h5-22H,1-4H2;1H4. The predicted molar refractivity (Wildman–Crippen MR) is 159 cm³/mol. The molecule has 0 nitrogen and oxygen atoms in total. The molecule has 0 spiro atoms. The Balaban J connectivity index is 0.00000289. The summed E-state index contributed by atoms with van der Waals surface area (Å²) in [5.41, 5.74) is 8.89. The van der Waals surface area contributed by atoms with Crippen molar-refractivity contribution < 1.29 is 0 Å². The van der Waals surface area contributed by atoms with Crippen LogP contribution in [-0.4, -0.2) is 0 Å². The zero-order valence-electron chi connectivity index (χ0n) is 19.2. The highest BCUT2D eigenvalue weighted by Crippen LogP contribution is 2.45. The van der Waals surface area contributed by atoms with Crippen molar-refractivity contribution >= 4 is 45.8 Å². The van der Waals surface area contributed by atoms with Crippen LogP contribution >= 0.6 is 0 Å². The third-order valence-electron chi connectivity index (χ3n) is 6.57. The number of hydrogen-bond donors (Lipinski definition) is 0. The van der Waals surface area contributed by atoms with Crippen molar-refractivity contribution in [2.45, 2.75) is 7.43 Å². The molecular formula is C35H30. The van der Waals surface area contributed by atoms with Crippen molar-refractivity contribution in [2.24, 2.45) is 0 Å². The van der Waals surface area contributed by atoms with E-state index in [0.29, 0.717) is 0 Å². The van der Waals surface area contributed by atoms with E-state index >= 15 is 0 Å². The molecule has 0 atom stereocenters. The molecule has 170 valence electrons. The molecule has 0 unspecified atom stereocenters. The zero-order chi connectivity index (χ0) is 23.7. The number of hydrogen-bond acceptors (Lipinski definition) is 0. The summed E-state index contributed by atoms with van der Waals surface area (Å²) in [4.78, 5) is 0. The molecule has 0 N–H and O–H groups in total. The molecule has 35 heavy (non-hydrogen) atoms. The molecule has 5 aromatic carbocycles. The summed E-state index contributed by atoms with van der Waals surface area (Å²) in [6.45, 7) is 16.6. The SMILES string of the molecule is C.C=Cc1cccc(-c2c(C=C)c(C=C)c(-c3ccc4ccccc4c3)c3ccccc23)c1C=C. The summed E-state index contributed by atoms with van der Waals surface area (Å²) in [6.07, 6.45) is 7.71. The monoisotopic (exact) mass is 450 g/mol. The minimum Gasteiger partial charge on any atom is -0.0984 e. The largest absolute Gasteiger partial charge is 0.0984 e. The van der Waals surface area contributed by atoms with E-state index in [1.54, 1.807) is 0 Å². The predicted octanol–water partition coefficient (Wildman–Crippen LogP) is 10.5. The first-order valence-corrected chi connectivity index (χ1v) is 11.4. The highest BCUT2D eigenvalue weighted by atomic mass is 14.2. The van der Waals surface area contributed by atoms with Crippen molar-refractivity contribution in [1.82, 2.24) is 0 Å². The molecule has 0 aromatic heterocycles. The van der Waals surface area contributed by atoms with Gasteiger partial charge in [-0.05, 0) is 72.1 Å². The average Bonchev–Trinajstić information content (AvgIpc) is 2.90. The Hall–Kier alpha value is -4.42. The van der Waals surface area contributed by atoms with Gasteiger partial charge in [0.1, 0.15) is 0 Å². The number of rotatable bonds is 6. The number of benzene rings is 5. The Labute approximate surface area is 208 Å². The van der Waals surface area contributed by atoms with Gasteiger partial charge in [-0.25, -0.2) is 0 Å². The van der Waals surface area contributed by atoms with E-state index in [1.807, 2.05) is 24.3 Å². The lowest BCUT2D eigenvalue weighted by Crippen LogP contribution is -1.98. The minimum absolute atomic E-state index is 0. The van der Waals surface area contributed by atoms with Gasteiger partial charge < -0.3 is 0 Å². The highest BCUT2D eigenvalue weighted by molar-refractivity contribution is 6.13. The Kier molecular flexibility index (Phi) is 6.66. The fraction of sp³-hybridized carbons (Fsp3) is 0.0286. The van der Waals surface area contributed by atoms with E-state index in [0.717, 1.165) is 33.4 Å². The molecule has 0 fully saturated rings. The van der Waals surface area contributed by atoms with Crippen LogP contribution in [-0.2, 0) is 0 Å². The maximum atomic E-state index is 4.22. The number of fused-ring (bicyclic) bond motifs is 2. The van der Waals surface area contributed by atoms with Gasteiger partial charge >= 0.3 is 0 Å². The molecular weight excluding hydrogens is 420 g/mol. The van der Waals surface area contributed by atoms with Gasteiger partial charge in [-0.15, -0.1) is 0 Å². The van der Waals surface area contributed by atoms with E-state index < -0.39 is 0 Å². The lowest BCUT2D eigenvalue weighted by Gasteiger charge is -2.22. The quantitative estimate of drug-likeness (QED) is 0.241. The fourth-order valence-corrected chi connectivity index (χ4v) is 5.06. The van der Waals surface area contributed by atoms with Gasteiger partial charge in [-0.3, -0.25) is 0 Å². The summed E-state index contributed by atoms with van der Waals surface area (Å²) in [5, 5.41) is 4.81. The van der Waals surface area contributed by atoms with Crippen LogP contribution in [0.25, 0.3) is 68.1 Å². The summed E-state index contributed by atoms with van der Waals surface area (Å²) in [5.74, 6) is 0. The van der Waals surface area contributed by atoms with Crippen LogP contribution < -0.4 is 0 Å². The normalized spacial score (nSPS) is 10.5. The molecule has 0 bridgehead atoms. The molecule has 0 heteroatoms. The van der Waals surface area contributed by atoms with Crippen LogP contribution in [0.1, 0.15) is 29.7 Å². The molecule has 0 radical (unpaired) electrons. The van der Waals surface area contributed by atoms with E-state index in [1.165, 1.54) is 32.7 Å². The summed E-state index contributed by atoms with van der Waals surface area (Å²) in [7, 11) is 0. The molecule has 0 amide bonds. The summed E-state index contributed by atoms with van der Waals surface area (Å²) in [6, 6.07) is 30.0. The summed E-state index contributed by atoms with van der Waals surface area (Å²) < 4.78 is 0. The topological polar surface area (TPSA) is 0 Å². The first-order valence-electron chi connectivity index (χ1n) is 11.4. The van der Waals surface area contributed by atoms with Crippen molar-refractivity contribution in [3.8, 4) is 22.3 Å². The van der Waals surface area contributed by atoms with Crippen molar-refractivity contribution in [1.29, 1.82) is 0 Å². The second-order valence-electron chi connectivity index (χ2n) is 8.31. The molecule has 0 aliphatic carbocycles. The molecule has 0 aliphatic heterocycles. The van der Waals surface area contributed by atoms with E-state index in [4.69, 9.17) is 0 Å². The second kappa shape index (κ2) is 9.83. The Morgan fingerprint density at radius 1 is 0.486 bits per heavy atom. The Bertz CT molecular complexity index is 1610. The fourth-order valence-electron chi connectivity index (χ4n) is 5.06. The van der Waals surface area contributed by atoms with Crippen LogP contribution in [0.15, 0.2) is 111 Å². The van der Waals surface area contributed by atoms with Gasteiger partial charge in [-0.1, -0.05) is 137 Å². The van der Waals surface area contributed by atoms with E-state index in [2.05, 4.69) is 111 Å². The Morgan fingerprint density at radius 2 is 1.09 bits per heavy atom. The van der Waals surface area contributed by atoms with Crippen molar-refractivity contribution in [2.75, 3.05) is 0 Å². The van der Waals surface area contributed by atoms with Crippen LogP contribution in [0.5, 0.6) is 0 Å². The lowest BCUT2D eigenvalue weighted by molar-refractivity contribution is 1.56. The van der Waals surface area contributed by atoms with Gasteiger partial charge in [0.25, 0.3) is 0 Å². The first-order chi connectivity index (χ1) is 16.7. The van der Waals surface area contributed by atoms with Gasteiger partial charge in [0.05, 0.1) is 0 Å². The van der Waals surface area contributed by atoms with E-state index in [9.17, 15) is 0 Å². The van der Waals surface area contributed by atoms with Crippen molar-refractivity contribution in [3.05, 3.63) is 133 Å². The zero-order valence-corrected chi connectivity index (χ0v) is 19.2. The highest BCUT2D eigenvalue weighted by Gasteiger charge is 2.20. The smallest absolute Gasteiger partial charge is 0.00204 e.